The van der Waals surface area contributed by atoms with Gasteiger partial charge in [-0.1, -0.05) is 47.6 Å². The molecule has 0 unspecified atom stereocenters. The zero-order valence-corrected chi connectivity index (χ0v) is 23.0. The van der Waals surface area contributed by atoms with Gasteiger partial charge in [-0.05, 0) is 61.7 Å². The first kappa shape index (κ1) is 28.0. The van der Waals surface area contributed by atoms with Crippen molar-refractivity contribution in [3.63, 3.8) is 0 Å². The highest BCUT2D eigenvalue weighted by atomic mass is 32.2. The fourth-order valence-electron chi connectivity index (χ4n) is 4.16. The van der Waals surface area contributed by atoms with Gasteiger partial charge in [0.1, 0.15) is 11.5 Å². The van der Waals surface area contributed by atoms with Crippen molar-refractivity contribution in [1.82, 2.24) is 10.5 Å². The minimum Gasteiger partial charge on any atom is -0.356 e. The zero-order chi connectivity index (χ0) is 28.4. The van der Waals surface area contributed by atoms with Gasteiger partial charge in [0.05, 0.1) is 23.5 Å². The van der Waals surface area contributed by atoms with Crippen molar-refractivity contribution in [3.05, 3.63) is 107 Å². The lowest BCUT2D eigenvalue weighted by molar-refractivity contribution is 0.0940. The maximum Gasteiger partial charge on any atom is 0.251 e. The SMILES string of the molecule is C[C@@H](NC(=O)c1cc(-c2cc([C@@](C)(N)Cc3ccccc3)no2)cc(N(C)S(C)(=O)=O)c1)c1ccc(F)cc1. The average Bonchev–Trinajstić information content (AvgIpc) is 3.40. The molecule has 4 aromatic rings. The molecule has 1 heterocycles. The normalized spacial score (nSPS) is 13.9. The van der Waals surface area contributed by atoms with Crippen LogP contribution in [-0.2, 0) is 22.0 Å². The van der Waals surface area contributed by atoms with Gasteiger partial charge >= 0.3 is 0 Å². The number of nitrogens with one attached hydrogen (secondary N) is 1. The van der Waals surface area contributed by atoms with Crippen LogP contribution in [0.15, 0.2) is 83.4 Å². The van der Waals surface area contributed by atoms with Gasteiger partial charge in [-0.2, -0.15) is 0 Å². The van der Waals surface area contributed by atoms with Crippen LogP contribution < -0.4 is 15.4 Å². The molecular weight excluding hydrogens is 519 g/mol. The molecule has 0 radical (unpaired) electrons. The Morgan fingerprint density at radius 2 is 1.77 bits per heavy atom. The van der Waals surface area contributed by atoms with Crippen LogP contribution in [0.25, 0.3) is 11.3 Å². The Bertz CT molecular complexity index is 1570. The van der Waals surface area contributed by atoms with E-state index < -0.39 is 27.5 Å². The highest BCUT2D eigenvalue weighted by Crippen LogP contribution is 2.31. The number of aromatic nitrogens is 1. The Hall–Kier alpha value is -4.02. The standard InChI is InChI=1S/C29H31FN4O4S/c1-19(21-10-12-24(30)13-11-21)32-28(35)23-14-22(15-25(16-23)34(3)39(4,36)37)26-17-27(33-38-26)29(2,31)18-20-8-6-5-7-9-20/h5-17,19H,18,31H2,1-4H3,(H,32,35)/t19-,29+/m1/s1. The number of benzene rings is 3. The molecule has 0 saturated heterocycles. The molecule has 0 aliphatic carbocycles. The topological polar surface area (TPSA) is 119 Å². The molecule has 0 bridgehead atoms. The molecule has 2 atom stereocenters. The number of nitrogens with two attached hydrogens (primary N) is 1. The Labute approximate surface area is 227 Å². The first-order valence-electron chi connectivity index (χ1n) is 12.3. The average molecular weight is 551 g/mol. The molecule has 3 aromatic carbocycles. The van der Waals surface area contributed by atoms with Crippen LogP contribution in [0.2, 0.25) is 0 Å². The van der Waals surface area contributed by atoms with Gasteiger partial charge in [0.15, 0.2) is 5.76 Å². The first-order valence-corrected chi connectivity index (χ1v) is 14.1. The first-order chi connectivity index (χ1) is 18.3. The Balaban J connectivity index is 1.67. The van der Waals surface area contributed by atoms with Gasteiger partial charge < -0.3 is 15.6 Å². The molecule has 0 aliphatic heterocycles. The summed E-state index contributed by atoms with van der Waals surface area (Å²) < 4.78 is 44.6. The smallest absolute Gasteiger partial charge is 0.251 e. The molecule has 1 amide bonds. The number of hydrogen-bond donors (Lipinski definition) is 2. The molecule has 4 rings (SSSR count). The van der Waals surface area contributed by atoms with Crippen molar-refractivity contribution in [2.24, 2.45) is 5.73 Å². The van der Waals surface area contributed by atoms with Gasteiger partial charge in [0.2, 0.25) is 10.0 Å². The molecule has 10 heteroatoms. The summed E-state index contributed by atoms with van der Waals surface area (Å²) in [5.41, 5.74) is 8.97. The quantitative estimate of drug-likeness (QED) is 0.310. The van der Waals surface area contributed by atoms with Crippen molar-refractivity contribution in [2.75, 3.05) is 17.6 Å². The van der Waals surface area contributed by atoms with Gasteiger partial charge in [0.25, 0.3) is 5.91 Å². The lowest BCUT2D eigenvalue weighted by Gasteiger charge is -2.21. The van der Waals surface area contributed by atoms with Crippen molar-refractivity contribution >= 4 is 21.6 Å². The highest BCUT2D eigenvalue weighted by molar-refractivity contribution is 7.92. The predicted octanol–water partition coefficient (Wildman–Crippen LogP) is 4.78. The third kappa shape index (κ3) is 6.71. The number of halogens is 1. The number of nitrogens with zero attached hydrogens (tertiary/aromatic N) is 2. The third-order valence-electron chi connectivity index (χ3n) is 6.55. The van der Waals surface area contributed by atoms with Crippen LogP contribution in [0, 0.1) is 5.82 Å². The monoisotopic (exact) mass is 550 g/mol. The third-order valence-corrected chi connectivity index (χ3v) is 7.76. The second-order valence-electron chi connectivity index (χ2n) is 9.90. The molecule has 0 spiro atoms. The van der Waals surface area contributed by atoms with Crippen LogP contribution in [-0.4, -0.2) is 32.8 Å². The Kier molecular flexibility index (Phi) is 7.89. The molecule has 39 heavy (non-hydrogen) atoms. The number of carbonyl (C=O) groups is 1. The summed E-state index contributed by atoms with van der Waals surface area (Å²) in [6.45, 7) is 3.63. The Morgan fingerprint density at radius 1 is 1.10 bits per heavy atom. The summed E-state index contributed by atoms with van der Waals surface area (Å²) in [6, 6.07) is 21.6. The van der Waals surface area contributed by atoms with Gasteiger partial charge in [0, 0.05) is 24.2 Å². The fourth-order valence-corrected chi connectivity index (χ4v) is 4.65. The lowest BCUT2D eigenvalue weighted by atomic mass is 9.90. The second kappa shape index (κ2) is 11.0. The maximum absolute atomic E-state index is 13.3. The van der Waals surface area contributed by atoms with E-state index in [1.54, 1.807) is 37.3 Å². The predicted molar refractivity (Wildman–Crippen MR) is 149 cm³/mol. The van der Waals surface area contributed by atoms with Crippen LogP contribution >= 0.6 is 0 Å². The van der Waals surface area contributed by atoms with Crippen LogP contribution in [0.1, 0.15) is 47.1 Å². The van der Waals surface area contributed by atoms with E-state index in [9.17, 15) is 17.6 Å². The number of anilines is 1. The summed E-state index contributed by atoms with van der Waals surface area (Å²) in [6.07, 6.45) is 1.59. The molecule has 3 N–H and O–H groups in total. The van der Waals surface area contributed by atoms with E-state index in [0.29, 0.717) is 23.4 Å². The van der Waals surface area contributed by atoms with E-state index in [2.05, 4.69) is 10.5 Å². The molecule has 1 aromatic heterocycles. The maximum atomic E-state index is 13.3. The number of carbonyl (C=O) groups excluding carboxylic acids is 1. The van der Waals surface area contributed by atoms with Gasteiger partial charge in [-0.15, -0.1) is 0 Å². The van der Waals surface area contributed by atoms with Crippen LogP contribution in [0.4, 0.5) is 10.1 Å². The number of rotatable bonds is 9. The summed E-state index contributed by atoms with van der Waals surface area (Å²) in [5, 5.41) is 7.07. The van der Waals surface area contributed by atoms with Crippen molar-refractivity contribution in [1.29, 1.82) is 0 Å². The number of amides is 1. The van der Waals surface area contributed by atoms with Gasteiger partial charge in [-0.3, -0.25) is 9.10 Å². The summed E-state index contributed by atoms with van der Waals surface area (Å²) >= 11 is 0. The molecule has 0 fully saturated rings. The summed E-state index contributed by atoms with van der Waals surface area (Å²) in [7, 11) is -2.22. The number of hydrogen-bond acceptors (Lipinski definition) is 6. The van der Waals surface area contributed by atoms with E-state index in [1.807, 2.05) is 37.3 Å². The van der Waals surface area contributed by atoms with E-state index in [0.717, 1.165) is 21.7 Å². The van der Waals surface area contributed by atoms with E-state index in [1.165, 1.54) is 25.2 Å². The van der Waals surface area contributed by atoms with Crippen LogP contribution in [0.5, 0.6) is 0 Å². The zero-order valence-electron chi connectivity index (χ0n) is 22.2. The fraction of sp³-hybridized carbons (Fsp3) is 0.241. The largest absolute Gasteiger partial charge is 0.356 e. The van der Waals surface area contributed by atoms with E-state index in [-0.39, 0.29) is 17.1 Å². The Morgan fingerprint density at radius 3 is 2.41 bits per heavy atom. The lowest BCUT2D eigenvalue weighted by Crippen LogP contribution is -2.35. The van der Waals surface area contributed by atoms with Crippen molar-refractivity contribution < 1.29 is 22.1 Å². The molecule has 8 nitrogen and oxygen atoms in total. The van der Waals surface area contributed by atoms with Gasteiger partial charge in [-0.25, -0.2) is 12.8 Å². The highest BCUT2D eigenvalue weighted by Gasteiger charge is 2.27. The molecular formula is C29H31FN4O4S. The summed E-state index contributed by atoms with van der Waals surface area (Å²) in [4.78, 5) is 13.3. The number of sulfonamides is 1. The van der Waals surface area contributed by atoms with Crippen molar-refractivity contribution in [3.8, 4) is 11.3 Å². The molecule has 204 valence electrons. The molecule has 0 saturated carbocycles. The van der Waals surface area contributed by atoms with Crippen LogP contribution in [0.3, 0.4) is 0 Å². The minimum atomic E-state index is -3.62. The second-order valence-corrected chi connectivity index (χ2v) is 11.9. The van der Waals surface area contributed by atoms with E-state index in [4.69, 9.17) is 10.3 Å². The summed E-state index contributed by atoms with van der Waals surface area (Å²) in [5.74, 6) is -0.481. The minimum absolute atomic E-state index is 0.213. The van der Waals surface area contributed by atoms with Crippen molar-refractivity contribution in [2.45, 2.75) is 31.8 Å². The van der Waals surface area contributed by atoms with E-state index >= 15 is 0 Å². The molecule has 0 aliphatic rings.